The van der Waals surface area contributed by atoms with Crippen molar-refractivity contribution < 1.29 is 36.2 Å². The van der Waals surface area contributed by atoms with Crippen molar-refractivity contribution in [3.05, 3.63) is 41.0 Å². The monoisotopic (exact) mass is 413 g/mol. The zero-order valence-corrected chi connectivity index (χ0v) is 15.0. The number of nitrogens with zero attached hydrogens (tertiary/aromatic N) is 1. The number of benzene rings is 1. The predicted octanol–water partition coefficient (Wildman–Crippen LogP) is 4.65. The first kappa shape index (κ1) is 23.3. The minimum absolute atomic E-state index is 0.214. The lowest BCUT2D eigenvalue weighted by atomic mass is 10.0. The molecule has 0 spiro atoms. The number of hydrogen-bond acceptors (Lipinski definition) is 4. The molecule has 3 nitrogen and oxygen atoms in total. The Morgan fingerprint density at radius 1 is 1.22 bits per heavy atom. The molecule has 0 amide bonds. The molecule has 0 heterocycles. The molecule has 0 bridgehead atoms. The quantitative estimate of drug-likeness (QED) is 0.498. The highest BCUT2D eigenvalue weighted by atomic mass is 32.2. The van der Waals surface area contributed by atoms with Crippen molar-refractivity contribution in [3.63, 3.8) is 0 Å². The summed E-state index contributed by atoms with van der Waals surface area (Å²) in [5.41, 5.74) is -5.30. The molecule has 0 saturated heterocycles. The van der Waals surface area contributed by atoms with E-state index in [0.29, 0.717) is 30.9 Å². The van der Waals surface area contributed by atoms with Gasteiger partial charge in [0.25, 0.3) is 0 Å². The van der Waals surface area contributed by atoms with Crippen molar-refractivity contribution >= 4 is 17.8 Å². The molecule has 0 aromatic heterocycles. The summed E-state index contributed by atoms with van der Waals surface area (Å²) in [4.78, 5) is 0. The van der Waals surface area contributed by atoms with E-state index < -0.39 is 34.8 Å². The second kappa shape index (κ2) is 9.48. The van der Waals surface area contributed by atoms with Crippen LogP contribution in [0, 0.1) is 11.3 Å². The van der Waals surface area contributed by atoms with Crippen LogP contribution >= 0.6 is 11.8 Å². The third-order valence-corrected chi connectivity index (χ3v) is 4.69. The number of aliphatic hydroxyl groups is 1. The maximum Gasteiger partial charge on any atom is 0.421 e. The van der Waals surface area contributed by atoms with Gasteiger partial charge in [0, 0.05) is 19.5 Å². The number of rotatable bonds is 8. The molecule has 0 fully saturated rings. The number of halogens is 6. The Bertz CT molecular complexity index is 696. The SMILES string of the molecule is COCCCSCC(O)(C=Cc1ccc(C#N)c(C(F)(F)F)c1)C(F)(F)F. The van der Waals surface area contributed by atoms with Gasteiger partial charge in [-0.2, -0.15) is 43.4 Å². The molecule has 1 aromatic rings. The molecule has 0 radical (unpaired) electrons. The van der Waals surface area contributed by atoms with E-state index in [0.717, 1.165) is 30.0 Å². The van der Waals surface area contributed by atoms with Crippen LogP contribution in [-0.4, -0.2) is 42.1 Å². The lowest BCUT2D eigenvalue weighted by molar-refractivity contribution is -0.230. The largest absolute Gasteiger partial charge is 0.421 e. The maximum absolute atomic E-state index is 13.2. The molecule has 10 heteroatoms. The number of alkyl halides is 6. The van der Waals surface area contributed by atoms with Crippen molar-refractivity contribution in [3.8, 4) is 6.07 Å². The molecule has 0 saturated carbocycles. The predicted molar refractivity (Wildman–Crippen MR) is 90.0 cm³/mol. The Balaban J connectivity index is 3.05. The van der Waals surface area contributed by atoms with E-state index in [4.69, 9.17) is 10.00 Å². The summed E-state index contributed by atoms with van der Waals surface area (Å²) in [6.45, 7) is 0.360. The fraction of sp³-hybridized carbons (Fsp3) is 0.471. The van der Waals surface area contributed by atoms with Crippen LogP contribution in [0.1, 0.15) is 23.1 Å². The minimum atomic E-state index is -5.00. The summed E-state index contributed by atoms with van der Waals surface area (Å²) in [5.74, 6) is -0.395. The second-order valence-corrected chi connectivity index (χ2v) is 6.67. The molecule has 1 rings (SSSR count). The van der Waals surface area contributed by atoms with Crippen molar-refractivity contribution in [1.29, 1.82) is 5.26 Å². The van der Waals surface area contributed by atoms with Gasteiger partial charge < -0.3 is 9.84 Å². The maximum atomic E-state index is 13.2. The van der Waals surface area contributed by atoms with E-state index in [1.165, 1.54) is 13.2 Å². The highest BCUT2D eigenvalue weighted by Crippen LogP contribution is 2.36. The zero-order valence-electron chi connectivity index (χ0n) is 14.2. The first-order chi connectivity index (χ1) is 12.4. The fourth-order valence-electron chi connectivity index (χ4n) is 1.99. The van der Waals surface area contributed by atoms with E-state index in [1.807, 2.05) is 0 Å². The molecular formula is C17H17F6NO2S. The van der Waals surface area contributed by atoms with Gasteiger partial charge in [0.15, 0.2) is 5.60 Å². The van der Waals surface area contributed by atoms with Gasteiger partial charge >= 0.3 is 12.4 Å². The summed E-state index contributed by atoms with van der Waals surface area (Å²) in [7, 11) is 1.45. The molecule has 0 aliphatic carbocycles. The Morgan fingerprint density at radius 3 is 2.41 bits per heavy atom. The highest BCUT2D eigenvalue weighted by molar-refractivity contribution is 7.99. The number of nitriles is 1. The van der Waals surface area contributed by atoms with Gasteiger partial charge in [-0.1, -0.05) is 12.1 Å². The summed E-state index contributed by atoms with van der Waals surface area (Å²) in [6, 6.07) is 3.90. The second-order valence-electron chi connectivity index (χ2n) is 5.57. The van der Waals surface area contributed by atoms with Gasteiger partial charge in [-0.3, -0.25) is 0 Å². The average molecular weight is 413 g/mol. The number of hydrogen-bond donors (Lipinski definition) is 1. The smallest absolute Gasteiger partial charge is 0.385 e. The van der Waals surface area contributed by atoms with E-state index in [-0.39, 0.29) is 5.56 Å². The first-order valence-corrected chi connectivity index (χ1v) is 8.76. The fourth-order valence-corrected chi connectivity index (χ4v) is 3.03. The topological polar surface area (TPSA) is 53.2 Å². The third-order valence-electron chi connectivity index (χ3n) is 3.47. The van der Waals surface area contributed by atoms with E-state index in [2.05, 4.69) is 0 Å². The van der Waals surface area contributed by atoms with Crippen molar-refractivity contribution in [2.75, 3.05) is 25.2 Å². The van der Waals surface area contributed by atoms with Crippen LogP contribution in [0.2, 0.25) is 0 Å². The first-order valence-electron chi connectivity index (χ1n) is 7.61. The third kappa shape index (κ3) is 6.75. The molecule has 1 unspecified atom stereocenters. The lowest BCUT2D eigenvalue weighted by Gasteiger charge is -2.27. The normalized spacial score (nSPS) is 14.9. The molecule has 0 aliphatic rings. The highest BCUT2D eigenvalue weighted by Gasteiger charge is 2.51. The van der Waals surface area contributed by atoms with Crippen molar-refractivity contribution in [2.24, 2.45) is 0 Å². The van der Waals surface area contributed by atoms with E-state index in [1.54, 1.807) is 0 Å². The molecule has 1 aromatic carbocycles. The Morgan fingerprint density at radius 2 is 1.89 bits per heavy atom. The van der Waals surface area contributed by atoms with Gasteiger partial charge in [-0.05, 0) is 35.9 Å². The Labute approximate surface area is 156 Å². The van der Waals surface area contributed by atoms with Crippen LogP contribution in [0.3, 0.4) is 0 Å². The van der Waals surface area contributed by atoms with Crippen LogP contribution in [0.5, 0.6) is 0 Å². The van der Waals surface area contributed by atoms with Gasteiger partial charge in [-0.15, -0.1) is 0 Å². The summed E-state index contributed by atoms with van der Waals surface area (Å²) in [6.07, 6.45) is -8.15. The van der Waals surface area contributed by atoms with E-state index in [9.17, 15) is 31.4 Å². The average Bonchev–Trinajstić information content (AvgIpc) is 2.57. The van der Waals surface area contributed by atoms with Gasteiger partial charge in [0.1, 0.15) is 0 Å². The summed E-state index contributed by atoms with van der Waals surface area (Å²) >= 11 is 0.851. The van der Waals surface area contributed by atoms with Crippen molar-refractivity contribution in [2.45, 2.75) is 24.4 Å². The van der Waals surface area contributed by atoms with Gasteiger partial charge in [-0.25, -0.2) is 0 Å². The molecule has 150 valence electrons. The van der Waals surface area contributed by atoms with Gasteiger partial charge in [0.05, 0.1) is 17.2 Å². The van der Waals surface area contributed by atoms with E-state index >= 15 is 0 Å². The Kier molecular flexibility index (Phi) is 8.20. The molecule has 1 atom stereocenters. The molecule has 0 aliphatic heterocycles. The van der Waals surface area contributed by atoms with Crippen LogP contribution in [0.15, 0.2) is 24.3 Å². The summed E-state index contributed by atoms with van der Waals surface area (Å²) < 4.78 is 83.2. The number of methoxy groups -OCH3 is 1. The van der Waals surface area contributed by atoms with Gasteiger partial charge in [0.2, 0.25) is 0 Å². The van der Waals surface area contributed by atoms with Crippen LogP contribution < -0.4 is 0 Å². The van der Waals surface area contributed by atoms with Crippen LogP contribution in [0.25, 0.3) is 6.08 Å². The standard InChI is InChI=1S/C17H17F6NO2S/c1-26-7-2-8-27-11-15(25,17(21,22)23)6-5-12-3-4-13(10-24)14(9-12)16(18,19)20/h3-6,9,25H,2,7-8,11H2,1H3. The zero-order chi connectivity index (χ0) is 20.7. The molecule has 1 N–H and O–H groups in total. The Hall–Kier alpha value is -1.70. The van der Waals surface area contributed by atoms with Crippen LogP contribution in [0.4, 0.5) is 26.3 Å². The van der Waals surface area contributed by atoms with Crippen molar-refractivity contribution in [1.82, 2.24) is 0 Å². The molecular weight excluding hydrogens is 396 g/mol. The minimum Gasteiger partial charge on any atom is -0.385 e. The number of thioether (sulfide) groups is 1. The lowest BCUT2D eigenvalue weighted by Crippen LogP contribution is -2.45. The molecule has 27 heavy (non-hydrogen) atoms. The summed E-state index contributed by atoms with van der Waals surface area (Å²) in [5, 5.41) is 18.7. The van der Waals surface area contributed by atoms with Crippen LogP contribution in [-0.2, 0) is 10.9 Å². The number of ether oxygens (including phenoxy) is 1.